The summed E-state index contributed by atoms with van der Waals surface area (Å²) in [5.74, 6) is -1.11. The highest BCUT2D eigenvalue weighted by Crippen LogP contribution is 2.38. The molecule has 2 bridgehead atoms. The number of H-pyrrole nitrogens is 1. The van der Waals surface area contributed by atoms with Crippen molar-refractivity contribution in [2.24, 2.45) is 5.92 Å². The number of piperidine rings is 1. The molecule has 0 unspecified atom stereocenters. The number of likely N-dealkylation sites (tertiary alicyclic amines) is 1. The molecule has 3 atom stereocenters. The zero-order valence-corrected chi connectivity index (χ0v) is 15.0. The van der Waals surface area contributed by atoms with Gasteiger partial charge in [-0.15, -0.1) is 0 Å². The number of carbonyl (C=O) groups is 2. The van der Waals surface area contributed by atoms with E-state index >= 15 is 0 Å². The van der Waals surface area contributed by atoms with E-state index in [4.69, 9.17) is 0 Å². The number of halogens is 2. The molecule has 2 aromatic rings. The third kappa shape index (κ3) is 3.21. The molecule has 148 valence electrons. The van der Waals surface area contributed by atoms with Crippen LogP contribution in [0.15, 0.2) is 35.1 Å². The molecule has 1 aliphatic heterocycles. The SMILES string of the molecule is O=C(CCF)N[C@H]1C[C@@H]2C[C@H]1N(C(=O)c1cc(=O)[nH]n1-c1ccccc1F)C2. The van der Waals surface area contributed by atoms with Gasteiger partial charge in [0.15, 0.2) is 0 Å². The molecule has 2 amide bonds. The Labute approximate surface area is 159 Å². The summed E-state index contributed by atoms with van der Waals surface area (Å²) in [6.07, 6.45) is 1.27. The van der Waals surface area contributed by atoms with Crippen LogP contribution in [-0.4, -0.2) is 51.8 Å². The van der Waals surface area contributed by atoms with Crippen LogP contribution in [0.4, 0.5) is 8.78 Å². The first-order valence-corrected chi connectivity index (χ1v) is 9.21. The highest BCUT2D eigenvalue weighted by Gasteiger charge is 2.48. The van der Waals surface area contributed by atoms with E-state index in [1.807, 2.05) is 0 Å². The Morgan fingerprint density at radius 3 is 2.75 bits per heavy atom. The van der Waals surface area contributed by atoms with E-state index in [1.165, 1.54) is 18.2 Å². The molecule has 0 radical (unpaired) electrons. The minimum absolute atomic E-state index is 0.0384. The molecule has 2 N–H and O–H groups in total. The Morgan fingerprint density at radius 1 is 1.25 bits per heavy atom. The maximum Gasteiger partial charge on any atom is 0.272 e. The number of carbonyl (C=O) groups excluding carboxylic acids is 2. The zero-order chi connectivity index (χ0) is 19.8. The lowest BCUT2D eigenvalue weighted by Crippen LogP contribution is -2.52. The average Bonchev–Trinajstić information content (AvgIpc) is 3.35. The van der Waals surface area contributed by atoms with Crippen molar-refractivity contribution in [3.63, 3.8) is 0 Å². The van der Waals surface area contributed by atoms with Crippen molar-refractivity contribution in [1.82, 2.24) is 20.0 Å². The van der Waals surface area contributed by atoms with Gasteiger partial charge in [0.2, 0.25) is 5.91 Å². The highest BCUT2D eigenvalue weighted by molar-refractivity contribution is 5.93. The summed E-state index contributed by atoms with van der Waals surface area (Å²) in [5.41, 5.74) is -0.398. The van der Waals surface area contributed by atoms with Gasteiger partial charge in [-0.2, -0.15) is 0 Å². The third-order valence-corrected chi connectivity index (χ3v) is 5.45. The van der Waals surface area contributed by atoms with Gasteiger partial charge in [0, 0.05) is 18.7 Å². The van der Waals surface area contributed by atoms with Crippen LogP contribution < -0.4 is 10.9 Å². The van der Waals surface area contributed by atoms with E-state index in [1.54, 1.807) is 11.0 Å². The largest absolute Gasteiger partial charge is 0.351 e. The second-order valence-electron chi connectivity index (χ2n) is 7.27. The minimum atomic E-state index is -0.729. The zero-order valence-electron chi connectivity index (χ0n) is 15.0. The summed E-state index contributed by atoms with van der Waals surface area (Å²) in [6.45, 7) is -0.219. The first-order valence-electron chi connectivity index (χ1n) is 9.21. The number of hydrogen-bond donors (Lipinski definition) is 2. The summed E-state index contributed by atoms with van der Waals surface area (Å²) < 4.78 is 27.7. The van der Waals surface area contributed by atoms with Crippen LogP contribution in [0.1, 0.15) is 29.8 Å². The predicted molar refractivity (Wildman–Crippen MR) is 96.4 cm³/mol. The van der Waals surface area contributed by atoms with Crippen molar-refractivity contribution in [3.8, 4) is 5.69 Å². The van der Waals surface area contributed by atoms with E-state index in [0.29, 0.717) is 6.54 Å². The van der Waals surface area contributed by atoms with Crippen LogP contribution in [-0.2, 0) is 4.79 Å². The number of aromatic amines is 1. The molecular formula is C19H20F2N4O3. The second-order valence-corrected chi connectivity index (χ2v) is 7.27. The Hall–Kier alpha value is -2.97. The number of fused-ring (bicyclic) bond motifs is 2. The fourth-order valence-corrected chi connectivity index (χ4v) is 4.30. The van der Waals surface area contributed by atoms with Crippen LogP contribution in [0, 0.1) is 11.7 Å². The van der Waals surface area contributed by atoms with Crippen LogP contribution in [0.3, 0.4) is 0 Å². The fraction of sp³-hybridized carbons (Fsp3) is 0.421. The van der Waals surface area contributed by atoms with Gasteiger partial charge in [-0.05, 0) is 30.9 Å². The monoisotopic (exact) mass is 390 g/mol. The van der Waals surface area contributed by atoms with Crippen LogP contribution in [0.2, 0.25) is 0 Å². The van der Waals surface area contributed by atoms with Crippen LogP contribution in [0.5, 0.6) is 0 Å². The Bertz CT molecular complexity index is 970. The second kappa shape index (κ2) is 7.21. The Kier molecular flexibility index (Phi) is 4.74. The van der Waals surface area contributed by atoms with E-state index in [9.17, 15) is 23.2 Å². The number of aromatic nitrogens is 2. The molecule has 1 aliphatic carbocycles. The highest BCUT2D eigenvalue weighted by atomic mass is 19.1. The van der Waals surface area contributed by atoms with Crippen LogP contribution >= 0.6 is 0 Å². The van der Waals surface area contributed by atoms with Crippen molar-refractivity contribution in [1.29, 1.82) is 0 Å². The summed E-state index contributed by atoms with van der Waals surface area (Å²) in [5, 5.41) is 5.27. The van der Waals surface area contributed by atoms with E-state index < -0.39 is 24.0 Å². The molecule has 1 aromatic carbocycles. The molecule has 9 heteroatoms. The minimum Gasteiger partial charge on any atom is -0.351 e. The summed E-state index contributed by atoms with van der Waals surface area (Å²) in [7, 11) is 0. The molecule has 2 fully saturated rings. The lowest BCUT2D eigenvalue weighted by Gasteiger charge is -2.33. The first-order chi connectivity index (χ1) is 13.5. The van der Waals surface area contributed by atoms with Gasteiger partial charge < -0.3 is 10.2 Å². The topological polar surface area (TPSA) is 87.2 Å². The number of alkyl halides is 1. The molecule has 1 saturated heterocycles. The van der Waals surface area contributed by atoms with Crippen molar-refractivity contribution in [3.05, 3.63) is 52.2 Å². The Balaban J connectivity index is 1.60. The number of nitrogens with one attached hydrogen (secondary N) is 2. The summed E-state index contributed by atoms with van der Waals surface area (Å²) >= 11 is 0. The van der Waals surface area contributed by atoms with Gasteiger partial charge in [0.1, 0.15) is 11.5 Å². The molecule has 2 aliphatic rings. The quantitative estimate of drug-likeness (QED) is 0.809. The first kappa shape index (κ1) is 18.4. The van der Waals surface area contributed by atoms with E-state index in [-0.39, 0.29) is 41.7 Å². The normalized spacial score (nSPS) is 23.2. The van der Waals surface area contributed by atoms with Gasteiger partial charge in [-0.3, -0.25) is 23.9 Å². The van der Waals surface area contributed by atoms with Crippen molar-refractivity contribution in [2.75, 3.05) is 13.2 Å². The molecule has 1 saturated carbocycles. The van der Waals surface area contributed by atoms with Gasteiger partial charge in [0.25, 0.3) is 11.5 Å². The maximum absolute atomic E-state index is 14.2. The number of benzene rings is 1. The summed E-state index contributed by atoms with van der Waals surface area (Å²) in [6, 6.07) is 6.53. The molecular weight excluding hydrogens is 370 g/mol. The van der Waals surface area contributed by atoms with Crippen molar-refractivity contribution < 1.29 is 18.4 Å². The molecule has 4 rings (SSSR count). The van der Waals surface area contributed by atoms with Crippen LogP contribution in [0.25, 0.3) is 5.69 Å². The van der Waals surface area contributed by atoms with Gasteiger partial charge >= 0.3 is 0 Å². The number of nitrogens with zero attached hydrogens (tertiary/aromatic N) is 2. The smallest absolute Gasteiger partial charge is 0.272 e. The molecule has 28 heavy (non-hydrogen) atoms. The summed E-state index contributed by atoms with van der Waals surface area (Å²) in [4.78, 5) is 38.4. The number of para-hydroxylation sites is 1. The Morgan fingerprint density at radius 2 is 2.04 bits per heavy atom. The molecule has 7 nitrogen and oxygen atoms in total. The predicted octanol–water partition coefficient (Wildman–Crippen LogP) is 1.38. The van der Waals surface area contributed by atoms with Gasteiger partial charge in [-0.1, -0.05) is 12.1 Å². The van der Waals surface area contributed by atoms with E-state index in [0.717, 1.165) is 23.6 Å². The number of hydrogen-bond acceptors (Lipinski definition) is 3. The van der Waals surface area contributed by atoms with Gasteiger partial charge in [-0.25, -0.2) is 9.07 Å². The average molecular weight is 390 g/mol. The fourth-order valence-electron chi connectivity index (χ4n) is 4.30. The standard InChI is InChI=1S/C19H20F2N4O3/c20-6-5-17(26)22-13-7-11-8-15(13)24(10-11)19(28)16-9-18(27)23-25(16)14-4-2-1-3-12(14)21/h1-4,9,11,13,15H,5-8,10H2,(H,22,26)(H,23,27)/t11-,13+,15-/m1/s1. The van der Waals surface area contributed by atoms with Gasteiger partial charge in [0.05, 0.1) is 24.8 Å². The molecule has 1 aromatic heterocycles. The number of rotatable bonds is 5. The molecule has 0 spiro atoms. The maximum atomic E-state index is 14.2. The number of amides is 2. The lowest BCUT2D eigenvalue weighted by molar-refractivity contribution is -0.122. The van der Waals surface area contributed by atoms with Crippen molar-refractivity contribution in [2.45, 2.75) is 31.3 Å². The third-order valence-electron chi connectivity index (χ3n) is 5.45. The molecule has 2 heterocycles. The van der Waals surface area contributed by atoms with Crippen molar-refractivity contribution >= 4 is 11.8 Å². The van der Waals surface area contributed by atoms with E-state index in [2.05, 4.69) is 10.4 Å². The lowest BCUT2D eigenvalue weighted by atomic mass is 10.0.